The van der Waals surface area contributed by atoms with Crippen LogP contribution >= 0.6 is 0 Å². The van der Waals surface area contributed by atoms with Crippen molar-refractivity contribution in [2.24, 2.45) is 0 Å². The summed E-state index contributed by atoms with van der Waals surface area (Å²) >= 11 is 0. The molecule has 13 heteroatoms. The van der Waals surface area contributed by atoms with E-state index in [2.05, 4.69) is 9.88 Å². The van der Waals surface area contributed by atoms with Crippen molar-refractivity contribution in [2.45, 2.75) is 51.4 Å². The predicted octanol–water partition coefficient (Wildman–Crippen LogP) is 3.28. The molecule has 2 heterocycles. The molecule has 0 spiro atoms. The largest absolute Gasteiger partial charge is 0.481 e. The molecule has 4 N–H and O–H groups in total. The number of aliphatic hydroxyl groups is 1. The molecule has 0 aliphatic heterocycles. The number of nitrogens with zero attached hydrogens (tertiary/aromatic N) is 3. The highest BCUT2D eigenvalue weighted by Crippen LogP contribution is 2.17. The summed E-state index contributed by atoms with van der Waals surface area (Å²) in [6, 6.07) is 12.4. The van der Waals surface area contributed by atoms with Crippen LogP contribution in [0, 0.1) is 12.7 Å². The van der Waals surface area contributed by atoms with Crippen LogP contribution in [-0.4, -0.2) is 64.9 Å². The smallest absolute Gasteiger partial charge is 0.336 e. The molecular formula is C30H32FN3O9. The van der Waals surface area contributed by atoms with Crippen LogP contribution < -0.4 is 5.43 Å². The molecule has 4 rings (SSSR count). The lowest BCUT2D eigenvalue weighted by atomic mass is 9.96. The molecule has 0 unspecified atom stereocenters. The van der Waals surface area contributed by atoms with E-state index in [1.165, 1.54) is 12.3 Å². The van der Waals surface area contributed by atoms with Crippen molar-refractivity contribution in [1.29, 1.82) is 0 Å². The number of benzene rings is 2. The first-order valence-corrected chi connectivity index (χ1v) is 13.2. The lowest BCUT2D eigenvalue weighted by molar-refractivity contribution is -0.170. The number of carbonyl (C=O) groups is 3. The van der Waals surface area contributed by atoms with Gasteiger partial charge in [-0.15, -0.1) is 0 Å². The fourth-order valence-electron chi connectivity index (χ4n) is 4.33. The Kier molecular flexibility index (Phi) is 11.3. The van der Waals surface area contributed by atoms with Crippen molar-refractivity contribution in [3.05, 3.63) is 100 Å². The van der Waals surface area contributed by atoms with Crippen LogP contribution in [0.15, 0.2) is 76.7 Å². The van der Waals surface area contributed by atoms with E-state index in [1.807, 2.05) is 42.0 Å². The van der Waals surface area contributed by atoms with E-state index in [0.717, 1.165) is 18.5 Å². The Morgan fingerprint density at radius 3 is 2.30 bits per heavy atom. The van der Waals surface area contributed by atoms with Crippen molar-refractivity contribution >= 4 is 28.9 Å². The van der Waals surface area contributed by atoms with Crippen molar-refractivity contribution in [3.63, 3.8) is 0 Å². The van der Waals surface area contributed by atoms with E-state index in [-0.39, 0.29) is 11.2 Å². The summed E-state index contributed by atoms with van der Waals surface area (Å²) in [6.45, 7) is 4.27. The highest BCUT2D eigenvalue weighted by molar-refractivity contribution is 5.88. The molecule has 0 fully saturated rings. The third kappa shape index (κ3) is 9.58. The Hall–Kier alpha value is -4.88. The summed E-state index contributed by atoms with van der Waals surface area (Å²) in [4.78, 5) is 49.7. The molecule has 0 radical (unpaired) electrons. The van der Waals surface area contributed by atoms with Crippen LogP contribution in [-0.2, 0) is 34.0 Å². The highest BCUT2D eigenvalue weighted by Gasteiger charge is 2.40. The van der Waals surface area contributed by atoms with Crippen molar-refractivity contribution in [3.8, 4) is 0 Å². The van der Waals surface area contributed by atoms with E-state index >= 15 is 0 Å². The minimum atomic E-state index is -2.74. The Bertz CT molecular complexity index is 1600. The number of aromatic nitrogens is 2. The number of imidazole rings is 1. The van der Waals surface area contributed by atoms with Gasteiger partial charge in [-0.25, -0.2) is 14.2 Å². The molecule has 4 aromatic rings. The summed E-state index contributed by atoms with van der Waals surface area (Å²) in [5, 5.41) is 34.4. The van der Waals surface area contributed by atoms with Crippen molar-refractivity contribution in [2.75, 3.05) is 6.54 Å². The summed E-state index contributed by atoms with van der Waals surface area (Å²) in [7, 11) is 0. The zero-order valence-corrected chi connectivity index (χ0v) is 23.4. The highest BCUT2D eigenvalue weighted by atomic mass is 19.1. The van der Waals surface area contributed by atoms with Crippen molar-refractivity contribution in [1.82, 2.24) is 14.5 Å². The number of carboxylic acids is 3. The topological polar surface area (TPSA) is 183 Å². The van der Waals surface area contributed by atoms with E-state index in [9.17, 15) is 23.6 Å². The van der Waals surface area contributed by atoms with Gasteiger partial charge in [0.05, 0.1) is 30.8 Å². The Morgan fingerprint density at radius 2 is 1.70 bits per heavy atom. The summed E-state index contributed by atoms with van der Waals surface area (Å²) < 4.78 is 22.0. The molecule has 0 saturated heterocycles. The van der Waals surface area contributed by atoms with Crippen molar-refractivity contribution < 1.29 is 43.6 Å². The number of hydrogen-bond donors (Lipinski definition) is 4. The van der Waals surface area contributed by atoms with Gasteiger partial charge in [0, 0.05) is 49.7 Å². The number of rotatable bonds is 13. The number of hydrogen-bond acceptors (Lipinski definition) is 8. The number of aliphatic carboxylic acids is 3. The van der Waals surface area contributed by atoms with Crippen LogP contribution in [0.1, 0.15) is 36.0 Å². The Morgan fingerprint density at radius 1 is 1.02 bits per heavy atom. The zero-order chi connectivity index (χ0) is 31.6. The van der Waals surface area contributed by atoms with Crippen LogP contribution in [0.4, 0.5) is 4.39 Å². The molecule has 0 amide bonds. The molecule has 12 nitrogen and oxygen atoms in total. The van der Waals surface area contributed by atoms with Gasteiger partial charge in [-0.05, 0) is 31.5 Å². The van der Waals surface area contributed by atoms with E-state index < -0.39 is 36.4 Å². The second-order valence-corrected chi connectivity index (χ2v) is 10.0. The molecule has 0 bridgehead atoms. The first-order valence-electron chi connectivity index (χ1n) is 13.2. The zero-order valence-electron chi connectivity index (χ0n) is 23.4. The quantitative estimate of drug-likeness (QED) is 0.177. The van der Waals surface area contributed by atoms with E-state index in [0.29, 0.717) is 41.7 Å². The molecule has 0 aliphatic carbocycles. The predicted molar refractivity (Wildman–Crippen MR) is 152 cm³/mol. The second-order valence-electron chi connectivity index (χ2n) is 10.0. The van der Waals surface area contributed by atoms with Gasteiger partial charge in [-0.2, -0.15) is 0 Å². The molecule has 0 atom stereocenters. The molecular weight excluding hydrogens is 565 g/mol. The third-order valence-corrected chi connectivity index (χ3v) is 6.48. The minimum Gasteiger partial charge on any atom is -0.481 e. The van der Waals surface area contributed by atoms with E-state index in [1.54, 1.807) is 24.7 Å². The van der Waals surface area contributed by atoms with Gasteiger partial charge in [0.2, 0.25) is 0 Å². The SMILES string of the molecule is Cc1ccc2occ(CN(CCCn3ccnc3)Cc3ccccc3F)c(=O)c2c1.O=C(O)CC(O)(CC(=O)O)C(=O)O. The number of carboxylic acid groups (broad SMARTS) is 3. The van der Waals surface area contributed by atoms with Crippen LogP contribution in [0.3, 0.4) is 0 Å². The van der Waals surface area contributed by atoms with Gasteiger partial charge in [0.15, 0.2) is 11.0 Å². The average molecular weight is 598 g/mol. The molecule has 2 aromatic heterocycles. The van der Waals surface area contributed by atoms with Gasteiger partial charge in [-0.1, -0.05) is 29.8 Å². The van der Waals surface area contributed by atoms with E-state index in [4.69, 9.17) is 24.8 Å². The van der Waals surface area contributed by atoms with Crippen LogP contribution in [0.25, 0.3) is 11.0 Å². The first-order chi connectivity index (χ1) is 20.4. The number of fused-ring (bicyclic) bond motifs is 1. The molecule has 0 aliphatic rings. The summed E-state index contributed by atoms with van der Waals surface area (Å²) in [5.41, 5.74) is 0.00409. The minimum absolute atomic E-state index is 0.0342. The molecule has 228 valence electrons. The fraction of sp³-hybridized carbons (Fsp3) is 0.300. The molecule has 2 aromatic carbocycles. The summed E-state index contributed by atoms with van der Waals surface area (Å²) in [6.07, 6.45) is 5.54. The van der Waals surface area contributed by atoms with Gasteiger partial charge in [0.25, 0.3) is 0 Å². The maximum Gasteiger partial charge on any atom is 0.336 e. The third-order valence-electron chi connectivity index (χ3n) is 6.48. The van der Waals surface area contributed by atoms with Gasteiger partial charge in [-0.3, -0.25) is 19.3 Å². The van der Waals surface area contributed by atoms with Gasteiger partial charge in [0.1, 0.15) is 11.4 Å². The average Bonchev–Trinajstić information content (AvgIpc) is 3.45. The fourth-order valence-corrected chi connectivity index (χ4v) is 4.33. The van der Waals surface area contributed by atoms with Gasteiger partial charge >= 0.3 is 17.9 Å². The first kappa shape index (κ1) is 32.6. The molecule has 43 heavy (non-hydrogen) atoms. The van der Waals surface area contributed by atoms with Gasteiger partial charge < -0.3 is 29.4 Å². The maximum absolute atomic E-state index is 14.2. The Balaban J connectivity index is 0.000000331. The Labute approximate surface area is 245 Å². The van der Waals surface area contributed by atoms with Crippen LogP contribution in [0.2, 0.25) is 0 Å². The van der Waals surface area contributed by atoms with Crippen LogP contribution in [0.5, 0.6) is 0 Å². The lowest BCUT2D eigenvalue weighted by Gasteiger charge is -2.22. The number of aryl methyl sites for hydroxylation is 2. The standard InChI is InChI=1S/C24H24FN3O2.C6H8O7/c1-18-7-8-23-21(13-18)24(29)20(16-30-23)15-28(11-4-10-27-12-9-26-17-27)14-19-5-2-3-6-22(19)25;7-3(8)1-6(13,5(11)12)2-4(9)10/h2-3,5-9,12-13,16-17H,4,10-11,14-15H2,1H3;13H,1-2H2,(H,7,8)(H,9,10)(H,11,12). The maximum atomic E-state index is 14.2. The lowest BCUT2D eigenvalue weighted by Crippen LogP contribution is -2.42. The molecule has 0 saturated carbocycles. The monoisotopic (exact) mass is 597 g/mol. The summed E-state index contributed by atoms with van der Waals surface area (Å²) in [5.74, 6) is -5.26. The number of halogens is 1. The second kappa shape index (κ2) is 14.8. The normalized spacial score (nSPS) is 11.3.